The van der Waals surface area contributed by atoms with E-state index in [0.29, 0.717) is 11.5 Å². The zero-order valence-corrected chi connectivity index (χ0v) is 16.0. The van der Waals surface area contributed by atoms with E-state index in [1.165, 1.54) is 30.3 Å². The molecule has 7 nitrogen and oxygen atoms in total. The standard InChI is InChI=1S/C20H24F2N2O5/c1-13-4-2-3-5-16(13)23-20(27)24-17(25)12-28-18(26)11-8-14-6-9-15(10-7-14)29-19(21)22/h6-11,13,16,19H,2-5,12H2,1H3,(H2,23,24,25,27)/b11-8+/t13-,16+/m1/s1. The van der Waals surface area contributed by atoms with E-state index in [9.17, 15) is 23.2 Å². The average molecular weight is 410 g/mol. The summed E-state index contributed by atoms with van der Waals surface area (Å²) >= 11 is 0. The van der Waals surface area contributed by atoms with Crippen LogP contribution in [-0.2, 0) is 14.3 Å². The Balaban J connectivity index is 1.70. The molecule has 0 unspecified atom stereocenters. The third kappa shape index (κ3) is 8.28. The molecular weight excluding hydrogens is 386 g/mol. The average Bonchev–Trinajstić information content (AvgIpc) is 2.67. The molecule has 2 atom stereocenters. The van der Waals surface area contributed by atoms with Crippen LogP contribution in [0.3, 0.4) is 0 Å². The summed E-state index contributed by atoms with van der Waals surface area (Å²) in [6.45, 7) is -1.46. The number of benzene rings is 1. The predicted octanol–water partition coefficient (Wildman–Crippen LogP) is 3.25. The molecule has 0 aromatic heterocycles. The number of urea groups is 1. The van der Waals surface area contributed by atoms with Crippen molar-refractivity contribution in [1.29, 1.82) is 0 Å². The van der Waals surface area contributed by atoms with Gasteiger partial charge in [-0.2, -0.15) is 8.78 Å². The van der Waals surface area contributed by atoms with Gasteiger partial charge in [0.25, 0.3) is 5.91 Å². The summed E-state index contributed by atoms with van der Waals surface area (Å²) in [4.78, 5) is 35.3. The first kappa shape index (κ1) is 22.3. The number of nitrogens with one attached hydrogen (secondary N) is 2. The Hall–Kier alpha value is -2.97. The number of alkyl halides is 2. The molecule has 1 aliphatic carbocycles. The number of rotatable bonds is 7. The van der Waals surface area contributed by atoms with Crippen molar-refractivity contribution in [1.82, 2.24) is 10.6 Å². The highest BCUT2D eigenvalue weighted by atomic mass is 19.3. The van der Waals surface area contributed by atoms with E-state index in [2.05, 4.69) is 22.3 Å². The van der Waals surface area contributed by atoms with Crippen LogP contribution in [0.25, 0.3) is 6.08 Å². The van der Waals surface area contributed by atoms with Crippen LogP contribution in [0, 0.1) is 5.92 Å². The summed E-state index contributed by atoms with van der Waals surface area (Å²) in [5, 5.41) is 4.90. The molecule has 0 radical (unpaired) electrons. The number of carbonyl (C=O) groups is 3. The van der Waals surface area contributed by atoms with Crippen molar-refractivity contribution in [3.8, 4) is 5.75 Å². The number of hydrogen-bond acceptors (Lipinski definition) is 5. The Morgan fingerprint density at radius 3 is 2.52 bits per heavy atom. The Kier molecular flexibility index (Phi) is 8.57. The van der Waals surface area contributed by atoms with Gasteiger partial charge in [0.2, 0.25) is 0 Å². The van der Waals surface area contributed by atoms with Crippen LogP contribution in [0.1, 0.15) is 38.2 Å². The van der Waals surface area contributed by atoms with E-state index < -0.39 is 31.1 Å². The normalized spacial score (nSPS) is 19.0. The van der Waals surface area contributed by atoms with Gasteiger partial charge in [0, 0.05) is 12.1 Å². The summed E-state index contributed by atoms with van der Waals surface area (Å²) in [5.74, 6) is -1.17. The fourth-order valence-corrected chi connectivity index (χ4v) is 3.01. The van der Waals surface area contributed by atoms with Crippen LogP contribution in [-0.4, -0.2) is 37.2 Å². The molecule has 1 saturated carbocycles. The quantitative estimate of drug-likeness (QED) is 0.532. The molecule has 0 spiro atoms. The molecule has 1 aromatic carbocycles. The molecule has 1 aromatic rings. The second kappa shape index (κ2) is 11.1. The van der Waals surface area contributed by atoms with Crippen molar-refractivity contribution in [3.05, 3.63) is 35.9 Å². The largest absolute Gasteiger partial charge is 0.452 e. The lowest BCUT2D eigenvalue weighted by Crippen LogP contribution is -2.48. The summed E-state index contributed by atoms with van der Waals surface area (Å²) in [5.41, 5.74) is 0.550. The van der Waals surface area contributed by atoms with Gasteiger partial charge in [0.15, 0.2) is 6.61 Å². The minimum Gasteiger partial charge on any atom is -0.452 e. The van der Waals surface area contributed by atoms with Crippen LogP contribution in [0.4, 0.5) is 13.6 Å². The highest BCUT2D eigenvalue weighted by Crippen LogP contribution is 2.23. The lowest BCUT2D eigenvalue weighted by molar-refractivity contribution is -0.143. The van der Waals surface area contributed by atoms with Crippen LogP contribution < -0.4 is 15.4 Å². The van der Waals surface area contributed by atoms with Crippen LogP contribution in [0.2, 0.25) is 0 Å². The minimum atomic E-state index is -2.91. The third-order valence-electron chi connectivity index (χ3n) is 4.54. The van der Waals surface area contributed by atoms with Crippen molar-refractivity contribution < 1.29 is 32.6 Å². The Morgan fingerprint density at radius 2 is 1.86 bits per heavy atom. The first-order chi connectivity index (χ1) is 13.8. The van der Waals surface area contributed by atoms with E-state index >= 15 is 0 Å². The van der Waals surface area contributed by atoms with E-state index in [0.717, 1.165) is 31.8 Å². The fraction of sp³-hybridized carbons (Fsp3) is 0.450. The highest BCUT2D eigenvalue weighted by molar-refractivity contribution is 5.96. The lowest BCUT2D eigenvalue weighted by Gasteiger charge is -2.29. The third-order valence-corrected chi connectivity index (χ3v) is 4.54. The molecule has 0 saturated heterocycles. The first-order valence-corrected chi connectivity index (χ1v) is 9.33. The van der Waals surface area contributed by atoms with E-state index in [-0.39, 0.29) is 11.8 Å². The molecular formula is C20H24F2N2O5. The van der Waals surface area contributed by atoms with Crippen LogP contribution in [0.5, 0.6) is 5.75 Å². The highest BCUT2D eigenvalue weighted by Gasteiger charge is 2.23. The van der Waals surface area contributed by atoms with E-state index in [1.807, 2.05) is 0 Å². The van der Waals surface area contributed by atoms with Gasteiger partial charge in [-0.25, -0.2) is 9.59 Å². The molecule has 9 heteroatoms. The van der Waals surface area contributed by atoms with Crippen LogP contribution in [0.15, 0.2) is 30.3 Å². The second-order valence-electron chi connectivity index (χ2n) is 6.78. The Bertz CT molecular complexity index is 737. The molecule has 0 aliphatic heterocycles. The number of halogens is 2. The van der Waals surface area contributed by atoms with Gasteiger partial charge >= 0.3 is 18.6 Å². The van der Waals surface area contributed by atoms with Crippen molar-refractivity contribution in [3.63, 3.8) is 0 Å². The van der Waals surface area contributed by atoms with Crippen molar-refractivity contribution in [2.24, 2.45) is 5.92 Å². The maximum atomic E-state index is 12.1. The van der Waals surface area contributed by atoms with Gasteiger partial charge in [0.1, 0.15) is 5.75 Å². The molecule has 158 valence electrons. The zero-order valence-electron chi connectivity index (χ0n) is 16.0. The van der Waals surface area contributed by atoms with Crippen molar-refractivity contribution in [2.75, 3.05) is 6.61 Å². The summed E-state index contributed by atoms with van der Waals surface area (Å²) in [7, 11) is 0. The Labute approximate surface area is 167 Å². The Morgan fingerprint density at radius 1 is 1.17 bits per heavy atom. The number of esters is 1. The molecule has 1 fully saturated rings. The van der Waals surface area contributed by atoms with Crippen LogP contribution >= 0.6 is 0 Å². The molecule has 0 bridgehead atoms. The van der Waals surface area contributed by atoms with Gasteiger partial charge < -0.3 is 14.8 Å². The summed E-state index contributed by atoms with van der Waals surface area (Å²) in [6.07, 6.45) is 6.55. The summed E-state index contributed by atoms with van der Waals surface area (Å²) in [6, 6.07) is 5.04. The molecule has 0 heterocycles. The zero-order chi connectivity index (χ0) is 21.2. The van der Waals surface area contributed by atoms with Gasteiger partial charge in [-0.1, -0.05) is 31.9 Å². The maximum absolute atomic E-state index is 12.1. The fourth-order valence-electron chi connectivity index (χ4n) is 3.01. The topological polar surface area (TPSA) is 93.7 Å². The predicted molar refractivity (Wildman–Crippen MR) is 101 cm³/mol. The number of ether oxygens (including phenoxy) is 2. The summed E-state index contributed by atoms with van der Waals surface area (Å²) < 4.78 is 33.2. The van der Waals surface area contributed by atoms with Crippen molar-refractivity contribution in [2.45, 2.75) is 45.3 Å². The molecule has 3 amide bonds. The SMILES string of the molecule is C[C@@H]1CCCC[C@@H]1NC(=O)NC(=O)COC(=O)/C=C/c1ccc(OC(F)F)cc1. The minimum absolute atomic E-state index is 0.00250. The molecule has 1 aliphatic rings. The monoisotopic (exact) mass is 410 g/mol. The maximum Gasteiger partial charge on any atom is 0.387 e. The lowest BCUT2D eigenvalue weighted by atomic mass is 9.86. The van der Waals surface area contributed by atoms with E-state index in [1.54, 1.807) is 0 Å². The van der Waals surface area contributed by atoms with Gasteiger partial charge in [0.05, 0.1) is 0 Å². The van der Waals surface area contributed by atoms with Crippen molar-refractivity contribution >= 4 is 24.0 Å². The number of amides is 3. The number of imide groups is 1. The molecule has 2 N–H and O–H groups in total. The smallest absolute Gasteiger partial charge is 0.387 e. The van der Waals surface area contributed by atoms with Gasteiger partial charge in [-0.05, 0) is 42.5 Å². The number of carbonyl (C=O) groups excluding carboxylic acids is 3. The second-order valence-corrected chi connectivity index (χ2v) is 6.78. The molecule has 29 heavy (non-hydrogen) atoms. The molecule has 2 rings (SSSR count). The van der Waals surface area contributed by atoms with Gasteiger partial charge in [-0.15, -0.1) is 0 Å². The van der Waals surface area contributed by atoms with E-state index in [4.69, 9.17) is 4.74 Å². The van der Waals surface area contributed by atoms with Gasteiger partial charge in [-0.3, -0.25) is 10.1 Å². The number of hydrogen-bond donors (Lipinski definition) is 2. The first-order valence-electron chi connectivity index (χ1n) is 9.33.